The first-order chi connectivity index (χ1) is 29.7. The molecule has 6 heteroatoms. The topological polar surface area (TPSA) is 68.8 Å². The van der Waals surface area contributed by atoms with Crippen molar-refractivity contribution in [2.24, 2.45) is 0 Å². The Kier molecular flexibility index (Phi) is 10.7. The van der Waals surface area contributed by atoms with Gasteiger partial charge in [-0.1, -0.05) is 36.4 Å². The van der Waals surface area contributed by atoms with Crippen LogP contribution in [0.25, 0.3) is 33.6 Å². The van der Waals surface area contributed by atoms with Crippen LogP contribution < -0.4 is 9.47 Å². The number of para-hydroxylation sites is 2. The molecule has 2 unspecified atom stereocenters. The largest absolute Gasteiger partial charge is 0.505 e. The molecule has 0 aliphatic heterocycles. The molecule has 10 rings (SSSR count). The summed E-state index contributed by atoms with van der Waals surface area (Å²) in [6.45, 7) is 8.46. The maximum Gasteiger partial charge on any atom is 0.147 e. The number of hydrogen-bond acceptors (Lipinski definition) is 4. The molecule has 4 aromatic carbocycles. The van der Waals surface area contributed by atoms with Crippen molar-refractivity contribution in [2.75, 3.05) is 0 Å². The van der Waals surface area contributed by atoms with Gasteiger partial charge in [0, 0.05) is 51.5 Å². The number of aromatic hydroxyl groups is 2. The zero-order valence-electron chi connectivity index (χ0n) is 36.7. The Balaban J connectivity index is 0.912. The number of rotatable bonds is 10. The lowest BCUT2D eigenvalue weighted by Gasteiger charge is -2.24. The van der Waals surface area contributed by atoms with Crippen LogP contribution in [0.2, 0.25) is 0 Å². The van der Waals surface area contributed by atoms with E-state index in [9.17, 15) is 10.2 Å². The molecule has 316 valence electrons. The van der Waals surface area contributed by atoms with E-state index in [2.05, 4.69) is 73.2 Å². The minimum absolute atomic E-state index is 0.178. The van der Waals surface area contributed by atoms with Gasteiger partial charge >= 0.3 is 0 Å². The van der Waals surface area contributed by atoms with Crippen molar-refractivity contribution >= 4 is 0 Å². The molecule has 0 spiro atoms. The van der Waals surface area contributed by atoms with Crippen LogP contribution in [0.5, 0.6) is 23.0 Å². The molecule has 0 radical (unpaired) electrons. The molecule has 4 aliphatic rings. The van der Waals surface area contributed by atoms with E-state index in [1.165, 1.54) is 74.1 Å². The first-order valence-corrected chi connectivity index (χ1v) is 23.4. The molecule has 6 nitrogen and oxygen atoms in total. The predicted octanol–water partition coefficient (Wildman–Crippen LogP) is 12.8. The highest BCUT2D eigenvalue weighted by molar-refractivity contribution is 5.81. The predicted molar refractivity (Wildman–Crippen MR) is 247 cm³/mol. The van der Waals surface area contributed by atoms with E-state index in [0.29, 0.717) is 17.9 Å². The highest BCUT2D eigenvalue weighted by Crippen LogP contribution is 2.46. The monoisotopic (exact) mass is 814 g/mol. The fourth-order valence-electron chi connectivity index (χ4n) is 11.6. The molecule has 2 heterocycles. The second-order valence-electron chi connectivity index (χ2n) is 18.6. The first kappa shape index (κ1) is 39.8. The van der Waals surface area contributed by atoms with E-state index in [-0.39, 0.29) is 12.2 Å². The van der Waals surface area contributed by atoms with Crippen molar-refractivity contribution in [3.63, 3.8) is 0 Å². The molecule has 2 atom stereocenters. The number of phenols is 2. The first-order valence-electron chi connectivity index (χ1n) is 23.4. The third-order valence-corrected chi connectivity index (χ3v) is 14.2. The van der Waals surface area contributed by atoms with Crippen LogP contribution in [-0.4, -0.2) is 31.6 Å². The minimum atomic E-state index is -0.178. The summed E-state index contributed by atoms with van der Waals surface area (Å²) in [6, 6.07) is 24.8. The summed E-state index contributed by atoms with van der Waals surface area (Å²) in [5.41, 5.74) is 19.3. The molecule has 2 aromatic heterocycles. The van der Waals surface area contributed by atoms with Gasteiger partial charge in [-0.05, 0) is 200 Å². The molecule has 0 amide bonds. The Morgan fingerprint density at radius 1 is 0.459 bits per heavy atom. The van der Waals surface area contributed by atoms with E-state index >= 15 is 0 Å². The molecule has 0 saturated carbocycles. The van der Waals surface area contributed by atoms with Crippen molar-refractivity contribution in [3.8, 4) is 56.6 Å². The lowest BCUT2D eigenvalue weighted by molar-refractivity contribution is 0.131. The second kappa shape index (κ2) is 16.5. The lowest BCUT2D eigenvalue weighted by atomic mass is 9.89. The SMILES string of the molecule is Cc1cc(-c2ccccc2OC(C)CC(C)Oc2ccccc2-c2cc(C)cc(-n3c4c(c5c3CCCC5)CCCC4)c2O)c(O)c(-n2c3c(c4c2CCCC4)CCCC3)c1. The Labute approximate surface area is 362 Å². The summed E-state index contributed by atoms with van der Waals surface area (Å²) >= 11 is 0. The number of aryl methyl sites for hydroxylation is 2. The van der Waals surface area contributed by atoms with Gasteiger partial charge < -0.3 is 28.8 Å². The van der Waals surface area contributed by atoms with Gasteiger partial charge in [-0.25, -0.2) is 0 Å². The van der Waals surface area contributed by atoms with E-state index in [1.807, 2.05) is 36.4 Å². The summed E-state index contributed by atoms with van der Waals surface area (Å²) in [5, 5.41) is 24.5. The number of aromatic nitrogens is 2. The Hall–Kier alpha value is -5.36. The Bertz CT molecular complexity index is 2380. The number of ether oxygens (including phenoxy) is 2. The lowest BCUT2D eigenvalue weighted by Crippen LogP contribution is -2.23. The van der Waals surface area contributed by atoms with Crippen molar-refractivity contribution in [3.05, 3.63) is 129 Å². The average Bonchev–Trinajstić information content (AvgIpc) is 3.78. The highest BCUT2D eigenvalue weighted by Gasteiger charge is 2.31. The van der Waals surface area contributed by atoms with Crippen LogP contribution in [0, 0.1) is 13.8 Å². The summed E-state index contributed by atoms with van der Waals surface area (Å²) in [5.74, 6) is 2.13. The van der Waals surface area contributed by atoms with Gasteiger partial charge in [-0.15, -0.1) is 0 Å². The van der Waals surface area contributed by atoms with Gasteiger partial charge in [0.15, 0.2) is 0 Å². The van der Waals surface area contributed by atoms with Crippen molar-refractivity contribution in [1.82, 2.24) is 9.13 Å². The fraction of sp³-hybridized carbons (Fsp3) is 0.418. The fourth-order valence-corrected chi connectivity index (χ4v) is 11.6. The van der Waals surface area contributed by atoms with Crippen LogP contribution in [0.1, 0.15) is 128 Å². The Morgan fingerprint density at radius 2 is 0.787 bits per heavy atom. The Morgan fingerprint density at radius 3 is 1.15 bits per heavy atom. The molecule has 0 bridgehead atoms. The number of hydrogen-bond donors (Lipinski definition) is 2. The highest BCUT2D eigenvalue weighted by atomic mass is 16.5. The van der Waals surface area contributed by atoms with Crippen LogP contribution >= 0.6 is 0 Å². The molecule has 6 aromatic rings. The average molecular weight is 815 g/mol. The second-order valence-corrected chi connectivity index (χ2v) is 18.6. The van der Waals surface area contributed by atoms with Crippen LogP contribution in [0.3, 0.4) is 0 Å². The number of benzene rings is 4. The van der Waals surface area contributed by atoms with Crippen molar-refractivity contribution in [1.29, 1.82) is 0 Å². The summed E-state index contributed by atoms with van der Waals surface area (Å²) in [7, 11) is 0. The summed E-state index contributed by atoms with van der Waals surface area (Å²) in [4.78, 5) is 0. The molecular weight excluding hydrogens is 753 g/mol. The van der Waals surface area contributed by atoms with Gasteiger partial charge in [0.05, 0.1) is 23.6 Å². The smallest absolute Gasteiger partial charge is 0.147 e. The normalized spacial score (nSPS) is 16.9. The van der Waals surface area contributed by atoms with Crippen molar-refractivity contribution in [2.45, 2.75) is 149 Å². The van der Waals surface area contributed by atoms with E-state index in [1.54, 1.807) is 22.3 Å². The van der Waals surface area contributed by atoms with Crippen molar-refractivity contribution < 1.29 is 19.7 Å². The van der Waals surface area contributed by atoms with Crippen LogP contribution in [0.4, 0.5) is 0 Å². The third-order valence-electron chi connectivity index (χ3n) is 14.2. The van der Waals surface area contributed by atoms with E-state index in [4.69, 9.17) is 9.47 Å². The van der Waals surface area contributed by atoms with Gasteiger partial charge in [0.1, 0.15) is 23.0 Å². The quantitative estimate of drug-likeness (QED) is 0.145. The molecule has 0 saturated heterocycles. The van der Waals surface area contributed by atoms with Gasteiger partial charge in [0.25, 0.3) is 0 Å². The van der Waals surface area contributed by atoms with Gasteiger partial charge in [-0.2, -0.15) is 0 Å². The van der Waals surface area contributed by atoms with E-state index in [0.717, 1.165) is 108 Å². The molecule has 2 N–H and O–H groups in total. The number of nitrogens with zero attached hydrogens (tertiary/aromatic N) is 2. The van der Waals surface area contributed by atoms with Gasteiger partial charge in [-0.3, -0.25) is 0 Å². The molecule has 0 fully saturated rings. The molecule has 4 aliphatic carbocycles. The summed E-state index contributed by atoms with van der Waals surface area (Å²) in [6.07, 6.45) is 19.0. The zero-order valence-corrected chi connectivity index (χ0v) is 36.7. The maximum absolute atomic E-state index is 12.2. The standard InChI is InChI=1S/C55H62N2O4/c1-34-29-44(54(58)50(31-34)56-46-23-11-5-17-38(46)39-18-6-12-24-47(39)56)42-21-9-15-27-52(42)60-36(3)33-37(4)61-53-28-16-10-22-43(53)45-30-35(2)32-51(55(45)59)57-48-25-13-7-19-40(48)41-20-8-14-26-49(41)57/h9-10,15-16,21-22,27-32,36-37,58-59H,5-8,11-14,17-20,23-26,33H2,1-4H3. The molecule has 61 heavy (non-hydrogen) atoms. The minimum Gasteiger partial charge on any atom is -0.505 e. The van der Waals surface area contributed by atoms with Crippen LogP contribution in [0.15, 0.2) is 72.8 Å². The van der Waals surface area contributed by atoms with E-state index < -0.39 is 0 Å². The molecular formula is C55H62N2O4. The zero-order chi connectivity index (χ0) is 41.8. The van der Waals surface area contributed by atoms with Gasteiger partial charge in [0.2, 0.25) is 0 Å². The summed E-state index contributed by atoms with van der Waals surface area (Å²) < 4.78 is 18.4. The maximum atomic E-state index is 12.2. The third kappa shape index (κ3) is 7.24. The van der Waals surface area contributed by atoms with Crippen LogP contribution in [-0.2, 0) is 51.4 Å². The number of phenolic OH excluding ortho intramolecular Hbond substituents is 2. The number of fused-ring (bicyclic) bond motifs is 6.